The second kappa shape index (κ2) is 8.17. The third-order valence-corrected chi connectivity index (χ3v) is 5.17. The molecule has 2 N–H and O–H groups in total. The number of hydrogen-bond donors (Lipinski definition) is 2. The van der Waals surface area contributed by atoms with E-state index in [1.807, 2.05) is 30.3 Å². The molecule has 27 heavy (non-hydrogen) atoms. The highest BCUT2D eigenvalue weighted by atomic mass is 35.5. The van der Waals surface area contributed by atoms with Crippen molar-refractivity contribution >= 4 is 17.5 Å². The Hall–Kier alpha value is -2.28. The van der Waals surface area contributed by atoms with Crippen LogP contribution in [0.3, 0.4) is 0 Å². The summed E-state index contributed by atoms with van der Waals surface area (Å²) in [4.78, 5) is 14.3. The van der Waals surface area contributed by atoms with Crippen LogP contribution in [-0.2, 0) is 4.74 Å². The zero-order chi connectivity index (χ0) is 18.6. The van der Waals surface area contributed by atoms with E-state index in [4.69, 9.17) is 25.8 Å². The first-order valence-corrected chi connectivity index (χ1v) is 9.45. The lowest BCUT2D eigenvalue weighted by atomic mass is 10.0. The third kappa shape index (κ3) is 4.18. The molecule has 0 spiro atoms. The van der Waals surface area contributed by atoms with Crippen molar-refractivity contribution in [1.29, 1.82) is 0 Å². The van der Waals surface area contributed by atoms with Gasteiger partial charge in [-0.3, -0.25) is 4.79 Å². The number of carbonyl (C=O) groups excluding carboxylic acids is 1. The predicted octanol–water partition coefficient (Wildman–Crippen LogP) is 1.45. The van der Waals surface area contributed by atoms with Gasteiger partial charge in [0.15, 0.2) is 11.5 Å². The quantitative estimate of drug-likeness (QED) is 0.812. The average molecular weight is 390 g/mol. The highest BCUT2D eigenvalue weighted by Gasteiger charge is 2.25. The molecule has 6 nitrogen and oxygen atoms in total. The average Bonchev–Trinajstić information content (AvgIpc) is 3.18. The zero-order valence-electron chi connectivity index (χ0n) is 14.9. The Morgan fingerprint density at radius 2 is 1.93 bits per heavy atom. The predicted molar refractivity (Wildman–Crippen MR) is 101 cm³/mol. The second-order valence-electron chi connectivity index (χ2n) is 6.70. The molecule has 1 atom stereocenters. The highest BCUT2D eigenvalue weighted by Crippen LogP contribution is 2.39. The number of quaternary nitrogens is 1. The summed E-state index contributed by atoms with van der Waals surface area (Å²) in [5.41, 5.74) is 1.54. The molecule has 2 aromatic carbocycles. The largest absolute Gasteiger partial charge is 0.454 e. The minimum absolute atomic E-state index is 0.101. The van der Waals surface area contributed by atoms with Gasteiger partial charge in [-0.1, -0.05) is 41.9 Å². The summed E-state index contributed by atoms with van der Waals surface area (Å²) in [5, 5.41) is 3.54. The standard InChI is InChI=1S/C20H21ClN2O4/c21-16-10-15(11-18-19(16)27-13-26-18)20(24)22-17(14-4-2-1-3-5-14)12-23-6-8-25-9-7-23/h1-5,10-11,17H,6-9,12-13H2,(H,22,24)/p+1/t17-/m1/s1. The van der Waals surface area contributed by atoms with Gasteiger partial charge in [0, 0.05) is 5.56 Å². The van der Waals surface area contributed by atoms with Crippen LogP contribution in [0.25, 0.3) is 0 Å². The lowest BCUT2D eigenvalue weighted by Crippen LogP contribution is -3.14. The van der Waals surface area contributed by atoms with Gasteiger partial charge in [0.2, 0.25) is 6.79 Å². The SMILES string of the molecule is O=C(N[C@H](C[NH+]1CCOCC1)c1ccccc1)c1cc(Cl)c2c(c1)OCO2. The van der Waals surface area contributed by atoms with Crippen molar-refractivity contribution in [2.75, 3.05) is 39.6 Å². The van der Waals surface area contributed by atoms with Crippen LogP contribution in [0.1, 0.15) is 22.0 Å². The van der Waals surface area contributed by atoms with E-state index in [1.54, 1.807) is 12.1 Å². The summed E-state index contributed by atoms with van der Waals surface area (Å²) in [5.74, 6) is 0.810. The summed E-state index contributed by atoms with van der Waals surface area (Å²) >= 11 is 6.23. The molecular weight excluding hydrogens is 368 g/mol. The lowest BCUT2D eigenvalue weighted by Gasteiger charge is -2.28. The van der Waals surface area contributed by atoms with E-state index in [-0.39, 0.29) is 18.7 Å². The van der Waals surface area contributed by atoms with Crippen molar-refractivity contribution in [1.82, 2.24) is 5.32 Å². The van der Waals surface area contributed by atoms with Crippen LogP contribution >= 0.6 is 11.6 Å². The molecule has 2 heterocycles. The van der Waals surface area contributed by atoms with Crippen molar-refractivity contribution in [2.45, 2.75) is 6.04 Å². The molecule has 0 aromatic heterocycles. The maximum atomic E-state index is 12.9. The number of rotatable bonds is 5. The number of carbonyl (C=O) groups is 1. The number of benzene rings is 2. The Balaban J connectivity index is 1.53. The molecule has 0 aliphatic carbocycles. The summed E-state index contributed by atoms with van der Waals surface area (Å²) < 4.78 is 16.1. The first kappa shape index (κ1) is 18.1. The van der Waals surface area contributed by atoms with Crippen LogP contribution in [0.2, 0.25) is 5.02 Å². The molecule has 0 unspecified atom stereocenters. The van der Waals surface area contributed by atoms with E-state index in [1.165, 1.54) is 4.90 Å². The Bertz CT molecular complexity index is 809. The number of morpholine rings is 1. The van der Waals surface area contributed by atoms with E-state index < -0.39 is 0 Å². The van der Waals surface area contributed by atoms with E-state index in [9.17, 15) is 4.79 Å². The van der Waals surface area contributed by atoms with Crippen LogP contribution in [-0.4, -0.2) is 45.5 Å². The molecule has 1 saturated heterocycles. The Labute approximate surface area is 163 Å². The zero-order valence-corrected chi connectivity index (χ0v) is 15.6. The van der Waals surface area contributed by atoms with Crippen LogP contribution in [0, 0.1) is 0 Å². The van der Waals surface area contributed by atoms with E-state index in [0.717, 1.165) is 38.4 Å². The smallest absolute Gasteiger partial charge is 0.252 e. The van der Waals surface area contributed by atoms with Crippen molar-refractivity contribution in [2.24, 2.45) is 0 Å². The van der Waals surface area contributed by atoms with Gasteiger partial charge in [-0.15, -0.1) is 0 Å². The molecule has 2 aliphatic heterocycles. The third-order valence-electron chi connectivity index (χ3n) is 4.89. The van der Waals surface area contributed by atoms with E-state index in [2.05, 4.69) is 5.32 Å². The van der Waals surface area contributed by atoms with Crippen molar-refractivity contribution in [3.8, 4) is 11.5 Å². The Kier molecular flexibility index (Phi) is 5.48. The molecule has 0 bridgehead atoms. The molecule has 7 heteroatoms. The number of nitrogens with one attached hydrogen (secondary N) is 2. The molecule has 2 aliphatic rings. The number of halogens is 1. The molecule has 142 valence electrons. The topological polar surface area (TPSA) is 61.2 Å². The van der Waals surface area contributed by atoms with Gasteiger partial charge in [-0.2, -0.15) is 0 Å². The number of fused-ring (bicyclic) bond motifs is 1. The number of amides is 1. The van der Waals surface area contributed by atoms with Gasteiger partial charge >= 0.3 is 0 Å². The molecule has 2 aromatic rings. The van der Waals surface area contributed by atoms with Gasteiger partial charge in [0.25, 0.3) is 5.91 Å². The summed E-state index contributed by atoms with van der Waals surface area (Å²) in [7, 11) is 0. The number of hydrogen-bond acceptors (Lipinski definition) is 4. The summed E-state index contributed by atoms with van der Waals surface area (Å²) in [6.07, 6.45) is 0. The van der Waals surface area contributed by atoms with Gasteiger partial charge in [-0.25, -0.2) is 0 Å². The van der Waals surface area contributed by atoms with Gasteiger partial charge in [0.1, 0.15) is 25.7 Å². The van der Waals surface area contributed by atoms with Crippen LogP contribution in [0.4, 0.5) is 0 Å². The maximum absolute atomic E-state index is 12.9. The van der Waals surface area contributed by atoms with Crippen LogP contribution < -0.4 is 19.7 Å². The Morgan fingerprint density at radius 1 is 1.15 bits per heavy atom. The van der Waals surface area contributed by atoms with Crippen molar-refractivity contribution in [3.63, 3.8) is 0 Å². The fourth-order valence-corrected chi connectivity index (χ4v) is 3.70. The summed E-state index contributed by atoms with van der Waals surface area (Å²) in [6, 6.07) is 13.2. The van der Waals surface area contributed by atoms with Gasteiger partial charge in [0.05, 0.1) is 18.2 Å². The molecule has 0 radical (unpaired) electrons. The maximum Gasteiger partial charge on any atom is 0.252 e. The minimum Gasteiger partial charge on any atom is -0.454 e. The van der Waals surface area contributed by atoms with Crippen molar-refractivity contribution < 1.29 is 23.9 Å². The molecule has 1 fully saturated rings. The fourth-order valence-electron chi connectivity index (χ4n) is 3.43. The fraction of sp³-hybridized carbons (Fsp3) is 0.350. The normalized spacial score (nSPS) is 17.5. The monoisotopic (exact) mass is 389 g/mol. The molecule has 0 saturated carbocycles. The molecule has 4 rings (SSSR count). The summed E-state index contributed by atoms with van der Waals surface area (Å²) in [6.45, 7) is 4.31. The Morgan fingerprint density at radius 3 is 2.70 bits per heavy atom. The lowest BCUT2D eigenvalue weighted by molar-refractivity contribution is -0.909. The number of ether oxygens (including phenoxy) is 3. The molecular formula is C20H22ClN2O4+. The van der Waals surface area contributed by atoms with Gasteiger partial charge < -0.3 is 24.4 Å². The van der Waals surface area contributed by atoms with Crippen LogP contribution in [0.5, 0.6) is 11.5 Å². The molecule has 1 amide bonds. The second-order valence-corrected chi connectivity index (χ2v) is 7.10. The highest BCUT2D eigenvalue weighted by molar-refractivity contribution is 6.32. The van der Waals surface area contributed by atoms with E-state index in [0.29, 0.717) is 22.1 Å². The van der Waals surface area contributed by atoms with Crippen LogP contribution in [0.15, 0.2) is 42.5 Å². The minimum atomic E-state index is -0.184. The van der Waals surface area contributed by atoms with Crippen molar-refractivity contribution in [3.05, 3.63) is 58.6 Å². The van der Waals surface area contributed by atoms with Gasteiger partial charge in [-0.05, 0) is 17.7 Å². The first-order valence-electron chi connectivity index (χ1n) is 9.07. The van der Waals surface area contributed by atoms with E-state index >= 15 is 0 Å². The first-order chi connectivity index (χ1) is 13.2.